The van der Waals surface area contributed by atoms with E-state index >= 15 is 0 Å². The van der Waals surface area contributed by atoms with E-state index in [-0.39, 0.29) is 12.3 Å². The van der Waals surface area contributed by atoms with Crippen molar-refractivity contribution in [2.45, 2.75) is 90.9 Å². The van der Waals surface area contributed by atoms with Crippen molar-refractivity contribution in [1.82, 2.24) is 5.32 Å². The first-order chi connectivity index (χ1) is 10.6. The molecule has 0 aromatic rings. The number of carboxylic acid groups (broad SMARTS) is 1. The van der Waals surface area contributed by atoms with Crippen LogP contribution in [0.5, 0.6) is 0 Å². The molecular weight excluding hydrogens is 278 g/mol. The van der Waals surface area contributed by atoms with Gasteiger partial charge < -0.3 is 10.4 Å². The molecule has 0 spiro atoms. The number of nitrogens with one attached hydrogen (secondary N) is 1. The molecule has 0 radical (unpaired) electrons. The molecule has 4 heteroatoms. The van der Waals surface area contributed by atoms with Gasteiger partial charge in [-0.3, -0.25) is 9.59 Å². The van der Waals surface area contributed by atoms with Crippen LogP contribution in [0.4, 0.5) is 0 Å². The van der Waals surface area contributed by atoms with Crippen molar-refractivity contribution in [1.29, 1.82) is 0 Å². The second-order valence-electron chi connectivity index (χ2n) is 6.21. The van der Waals surface area contributed by atoms with Gasteiger partial charge in [0.2, 0.25) is 5.91 Å². The van der Waals surface area contributed by atoms with Crippen molar-refractivity contribution in [2.24, 2.45) is 5.92 Å². The fourth-order valence-electron chi connectivity index (χ4n) is 2.54. The molecule has 1 atom stereocenters. The number of carbonyl (C=O) groups excluding carboxylic acids is 1. The number of hydrogen-bond acceptors (Lipinski definition) is 2. The van der Waals surface area contributed by atoms with Gasteiger partial charge in [-0.05, 0) is 12.8 Å². The van der Waals surface area contributed by atoms with E-state index in [1.807, 2.05) is 0 Å². The van der Waals surface area contributed by atoms with Crippen molar-refractivity contribution in [3.63, 3.8) is 0 Å². The maximum Gasteiger partial charge on any atom is 0.307 e. The first-order valence-corrected chi connectivity index (χ1v) is 9.11. The SMILES string of the molecule is CCCCCCCCCC[C@H](CC(=O)NCCCC)C(=O)O. The summed E-state index contributed by atoms with van der Waals surface area (Å²) in [6.07, 6.45) is 12.3. The van der Waals surface area contributed by atoms with Crippen molar-refractivity contribution >= 4 is 11.9 Å². The highest BCUT2D eigenvalue weighted by Crippen LogP contribution is 2.16. The van der Waals surface area contributed by atoms with Gasteiger partial charge in [0.25, 0.3) is 0 Å². The monoisotopic (exact) mass is 313 g/mol. The third-order valence-corrected chi connectivity index (χ3v) is 4.04. The van der Waals surface area contributed by atoms with Crippen molar-refractivity contribution < 1.29 is 14.7 Å². The molecule has 0 aromatic carbocycles. The summed E-state index contributed by atoms with van der Waals surface area (Å²) in [5.41, 5.74) is 0. The molecule has 22 heavy (non-hydrogen) atoms. The lowest BCUT2D eigenvalue weighted by atomic mass is 9.96. The van der Waals surface area contributed by atoms with Crippen molar-refractivity contribution in [3.05, 3.63) is 0 Å². The highest BCUT2D eigenvalue weighted by molar-refractivity contribution is 5.82. The van der Waals surface area contributed by atoms with E-state index in [2.05, 4.69) is 19.2 Å². The molecule has 0 fully saturated rings. The molecule has 130 valence electrons. The van der Waals surface area contributed by atoms with E-state index in [9.17, 15) is 14.7 Å². The topological polar surface area (TPSA) is 66.4 Å². The number of carboxylic acids is 1. The normalized spacial score (nSPS) is 12.1. The minimum absolute atomic E-state index is 0.121. The Bertz CT molecular complexity index is 292. The lowest BCUT2D eigenvalue weighted by Gasteiger charge is -2.12. The van der Waals surface area contributed by atoms with Crippen LogP contribution in [-0.2, 0) is 9.59 Å². The Morgan fingerprint density at radius 1 is 0.864 bits per heavy atom. The number of unbranched alkanes of at least 4 members (excludes halogenated alkanes) is 8. The minimum atomic E-state index is -0.839. The molecule has 0 aromatic heterocycles. The third-order valence-electron chi connectivity index (χ3n) is 4.04. The highest BCUT2D eigenvalue weighted by atomic mass is 16.4. The number of hydrogen-bond donors (Lipinski definition) is 2. The fraction of sp³-hybridized carbons (Fsp3) is 0.889. The van der Waals surface area contributed by atoms with Gasteiger partial charge >= 0.3 is 5.97 Å². The Kier molecular flexibility index (Phi) is 14.1. The summed E-state index contributed by atoms with van der Waals surface area (Å²) < 4.78 is 0. The zero-order chi connectivity index (χ0) is 16.6. The van der Waals surface area contributed by atoms with E-state index in [1.54, 1.807) is 0 Å². The van der Waals surface area contributed by atoms with Gasteiger partial charge in [0.05, 0.1) is 5.92 Å². The summed E-state index contributed by atoms with van der Waals surface area (Å²) in [5.74, 6) is -1.49. The predicted molar refractivity (Wildman–Crippen MR) is 90.9 cm³/mol. The van der Waals surface area contributed by atoms with Crippen LogP contribution in [-0.4, -0.2) is 23.5 Å². The molecule has 0 unspecified atom stereocenters. The van der Waals surface area contributed by atoms with Gasteiger partial charge in [0.15, 0.2) is 0 Å². The van der Waals surface area contributed by atoms with Crippen molar-refractivity contribution in [3.8, 4) is 0 Å². The number of rotatable bonds is 15. The van der Waals surface area contributed by atoms with Crippen LogP contribution in [0, 0.1) is 5.92 Å². The first-order valence-electron chi connectivity index (χ1n) is 9.11. The summed E-state index contributed by atoms with van der Waals surface area (Å²) in [4.78, 5) is 22.9. The Morgan fingerprint density at radius 3 is 1.95 bits per heavy atom. The van der Waals surface area contributed by atoms with Gasteiger partial charge in [0, 0.05) is 13.0 Å². The summed E-state index contributed by atoms with van der Waals surface area (Å²) in [7, 11) is 0. The molecule has 0 rings (SSSR count). The Labute approximate surface area is 136 Å². The Balaban J connectivity index is 3.72. The minimum Gasteiger partial charge on any atom is -0.481 e. The lowest BCUT2D eigenvalue weighted by Crippen LogP contribution is -2.29. The largest absolute Gasteiger partial charge is 0.481 e. The van der Waals surface area contributed by atoms with E-state index < -0.39 is 11.9 Å². The molecule has 0 aliphatic carbocycles. The number of amides is 1. The van der Waals surface area contributed by atoms with Crippen LogP contribution in [0.1, 0.15) is 90.9 Å². The standard InChI is InChI=1S/C18H35NO3/c1-3-5-7-8-9-10-11-12-13-16(18(21)22)15-17(20)19-14-6-4-2/h16H,3-15H2,1-2H3,(H,19,20)(H,21,22)/t16-/m1/s1. The zero-order valence-corrected chi connectivity index (χ0v) is 14.5. The van der Waals surface area contributed by atoms with Gasteiger partial charge in [-0.2, -0.15) is 0 Å². The quantitative estimate of drug-likeness (QED) is 0.437. The molecule has 4 nitrogen and oxygen atoms in total. The molecule has 0 saturated heterocycles. The summed E-state index contributed by atoms with van der Waals surface area (Å²) >= 11 is 0. The van der Waals surface area contributed by atoms with E-state index in [0.717, 1.165) is 25.7 Å². The van der Waals surface area contributed by atoms with E-state index in [1.165, 1.54) is 38.5 Å². The maximum atomic E-state index is 11.7. The molecule has 0 aliphatic rings. The summed E-state index contributed by atoms with van der Waals surface area (Å²) in [6, 6.07) is 0. The lowest BCUT2D eigenvalue weighted by molar-refractivity contribution is -0.144. The van der Waals surface area contributed by atoms with E-state index in [0.29, 0.717) is 13.0 Å². The van der Waals surface area contributed by atoms with Crippen LogP contribution in [0.2, 0.25) is 0 Å². The summed E-state index contributed by atoms with van der Waals surface area (Å²) in [6.45, 7) is 4.93. The Morgan fingerprint density at radius 2 is 1.41 bits per heavy atom. The van der Waals surface area contributed by atoms with Gasteiger partial charge in [0.1, 0.15) is 0 Å². The van der Waals surface area contributed by atoms with Crippen LogP contribution in [0.3, 0.4) is 0 Å². The fourth-order valence-corrected chi connectivity index (χ4v) is 2.54. The zero-order valence-electron chi connectivity index (χ0n) is 14.5. The van der Waals surface area contributed by atoms with Crippen LogP contribution >= 0.6 is 0 Å². The van der Waals surface area contributed by atoms with Crippen LogP contribution in [0.25, 0.3) is 0 Å². The molecule has 0 heterocycles. The van der Waals surface area contributed by atoms with Crippen LogP contribution in [0.15, 0.2) is 0 Å². The molecule has 1 amide bonds. The van der Waals surface area contributed by atoms with Gasteiger partial charge in [-0.1, -0.05) is 71.6 Å². The molecule has 0 saturated carbocycles. The second kappa shape index (κ2) is 14.9. The van der Waals surface area contributed by atoms with Gasteiger partial charge in [-0.25, -0.2) is 0 Å². The smallest absolute Gasteiger partial charge is 0.307 e. The Hall–Kier alpha value is -1.06. The van der Waals surface area contributed by atoms with E-state index in [4.69, 9.17) is 0 Å². The summed E-state index contributed by atoms with van der Waals surface area (Å²) in [5, 5.41) is 12.0. The number of carbonyl (C=O) groups is 2. The predicted octanol–water partition coefficient (Wildman–Crippen LogP) is 4.52. The molecule has 2 N–H and O–H groups in total. The van der Waals surface area contributed by atoms with Crippen molar-refractivity contribution in [2.75, 3.05) is 6.54 Å². The van der Waals surface area contributed by atoms with Crippen LogP contribution < -0.4 is 5.32 Å². The highest BCUT2D eigenvalue weighted by Gasteiger charge is 2.20. The third kappa shape index (κ3) is 12.7. The molecule has 0 aliphatic heterocycles. The first kappa shape index (κ1) is 20.9. The molecule has 0 bridgehead atoms. The second-order valence-corrected chi connectivity index (χ2v) is 6.21. The molecular formula is C18H35NO3. The average molecular weight is 313 g/mol. The average Bonchev–Trinajstić information content (AvgIpc) is 2.48. The maximum absolute atomic E-state index is 11.7. The number of aliphatic carboxylic acids is 1. The van der Waals surface area contributed by atoms with Gasteiger partial charge in [-0.15, -0.1) is 0 Å².